The molecule has 1 heterocycles. The van der Waals surface area contributed by atoms with Gasteiger partial charge < -0.3 is 10.6 Å². The van der Waals surface area contributed by atoms with Crippen LogP contribution in [0.1, 0.15) is 18.9 Å². The number of benzene rings is 1. The Morgan fingerprint density at radius 2 is 2.28 bits per heavy atom. The maximum Gasteiger partial charge on any atom is 0.269 e. The molecule has 1 aromatic carbocycles. The summed E-state index contributed by atoms with van der Waals surface area (Å²) in [6.07, 6.45) is 1.09. The Morgan fingerprint density at radius 3 is 2.78 bits per heavy atom. The Hall–Kier alpha value is -1.62. The molecule has 2 unspecified atom stereocenters. The lowest BCUT2D eigenvalue weighted by atomic mass is 10.1. The summed E-state index contributed by atoms with van der Waals surface area (Å²) in [4.78, 5) is 12.7. The van der Waals surface area contributed by atoms with Gasteiger partial charge in [-0.1, -0.05) is 0 Å². The molecule has 1 aliphatic rings. The first-order chi connectivity index (χ1) is 8.52. The number of nitro benzene ring substituents is 1. The van der Waals surface area contributed by atoms with Crippen LogP contribution in [0.2, 0.25) is 0 Å². The van der Waals surface area contributed by atoms with E-state index >= 15 is 0 Å². The summed E-state index contributed by atoms with van der Waals surface area (Å²) in [5.74, 6) is 0.523. The quantitative estimate of drug-likeness (QED) is 0.657. The fraction of sp³-hybridized carbons (Fsp3) is 0.538. The normalized spacial score (nSPS) is 23.4. The number of non-ortho nitro benzene ring substituents is 1. The van der Waals surface area contributed by atoms with Crippen molar-refractivity contribution in [2.45, 2.75) is 26.3 Å². The van der Waals surface area contributed by atoms with Crippen molar-refractivity contribution in [2.24, 2.45) is 11.7 Å². The van der Waals surface area contributed by atoms with E-state index < -0.39 is 0 Å². The van der Waals surface area contributed by atoms with Crippen molar-refractivity contribution in [2.75, 3.05) is 18.0 Å². The van der Waals surface area contributed by atoms with Gasteiger partial charge in [-0.05, 0) is 44.4 Å². The second kappa shape index (κ2) is 4.94. The molecule has 0 bridgehead atoms. The first-order valence-electron chi connectivity index (χ1n) is 6.24. The third-order valence-electron chi connectivity index (χ3n) is 3.70. The van der Waals surface area contributed by atoms with Crippen molar-refractivity contribution in [1.82, 2.24) is 0 Å². The Kier molecular flexibility index (Phi) is 3.52. The summed E-state index contributed by atoms with van der Waals surface area (Å²) >= 11 is 0. The van der Waals surface area contributed by atoms with E-state index in [1.54, 1.807) is 12.1 Å². The Balaban J connectivity index is 2.26. The molecule has 1 saturated heterocycles. The van der Waals surface area contributed by atoms with E-state index in [0.29, 0.717) is 18.5 Å². The lowest BCUT2D eigenvalue weighted by molar-refractivity contribution is -0.384. The molecule has 1 aliphatic heterocycles. The summed E-state index contributed by atoms with van der Waals surface area (Å²) in [6, 6.07) is 5.50. The van der Waals surface area contributed by atoms with Crippen LogP contribution in [0, 0.1) is 23.0 Å². The first-order valence-corrected chi connectivity index (χ1v) is 6.24. The molecule has 1 fully saturated rings. The first kappa shape index (κ1) is 12.8. The third-order valence-corrected chi connectivity index (χ3v) is 3.70. The summed E-state index contributed by atoms with van der Waals surface area (Å²) in [7, 11) is 0. The molecule has 0 spiro atoms. The highest BCUT2D eigenvalue weighted by Gasteiger charge is 2.29. The smallest absolute Gasteiger partial charge is 0.269 e. The predicted octanol–water partition coefficient (Wildman–Crippen LogP) is 2.08. The zero-order valence-corrected chi connectivity index (χ0v) is 10.8. The van der Waals surface area contributed by atoms with E-state index in [0.717, 1.165) is 24.2 Å². The number of anilines is 1. The van der Waals surface area contributed by atoms with Crippen LogP contribution in [-0.2, 0) is 0 Å². The van der Waals surface area contributed by atoms with Crippen LogP contribution in [0.5, 0.6) is 0 Å². The van der Waals surface area contributed by atoms with E-state index in [4.69, 9.17) is 5.73 Å². The van der Waals surface area contributed by atoms with Gasteiger partial charge in [-0.3, -0.25) is 10.1 Å². The fourth-order valence-corrected chi connectivity index (χ4v) is 2.72. The molecule has 2 N–H and O–H groups in total. The molecule has 0 aliphatic carbocycles. The van der Waals surface area contributed by atoms with E-state index in [-0.39, 0.29) is 10.6 Å². The molecule has 2 atom stereocenters. The highest BCUT2D eigenvalue weighted by Crippen LogP contribution is 2.32. The average molecular weight is 249 g/mol. The Bertz CT molecular complexity index is 462. The van der Waals surface area contributed by atoms with E-state index in [1.165, 1.54) is 0 Å². The molecular formula is C13H19N3O2. The SMILES string of the molecule is Cc1cc([N+](=O)[O-])ccc1N1CC(CN)CC1C. The minimum absolute atomic E-state index is 0.151. The standard InChI is InChI=1S/C13H19N3O2/c1-9-5-12(16(17)18)3-4-13(9)15-8-11(7-14)6-10(15)2/h3-5,10-11H,6-8,14H2,1-2H3. The summed E-state index contributed by atoms with van der Waals surface area (Å²) in [6.45, 7) is 5.74. The molecule has 5 heteroatoms. The monoisotopic (exact) mass is 249 g/mol. The molecule has 0 aromatic heterocycles. The molecule has 2 rings (SSSR count). The molecule has 98 valence electrons. The van der Waals surface area contributed by atoms with Crippen LogP contribution in [0.3, 0.4) is 0 Å². The van der Waals surface area contributed by atoms with Gasteiger partial charge in [0.1, 0.15) is 0 Å². The highest BCUT2D eigenvalue weighted by molar-refractivity contribution is 5.58. The van der Waals surface area contributed by atoms with Gasteiger partial charge in [-0.25, -0.2) is 0 Å². The van der Waals surface area contributed by atoms with Gasteiger partial charge in [0.25, 0.3) is 5.69 Å². The van der Waals surface area contributed by atoms with E-state index in [9.17, 15) is 10.1 Å². The number of hydrogen-bond donors (Lipinski definition) is 1. The van der Waals surface area contributed by atoms with Gasteiger partial charge in [-0.15, -0.1) is 0 Å². The van der Waals surface area contributed by atoms with Gasteiger partial charge >= 0.3 is 0 Å². The molecule has 0 amide bonds. The minimum Gasteiger partial charge on any atom is -0.368 e. The lowest BCUT2D eigenvalue weighted by Crippen LogP contribution is -2.28. The Morgan fingerprint density at radius 1 is 1.56 bits per heavy atom. The largest absolute Gasteiger partial charge is 0.368 e. The van der Waals surface area contributed by atoms with Crippen molar-refractivity contribution in [3.63, 3.8) is 0 Å². The third kappa shape index (κ3) is 2.31. The van der Waals surface area contributed by atoms with Crippen molar-refractivity contribution >= 4 is 11.4 Å². The van der Waals surface area contributed by atoms with Crippen LogP contribution in [-0.4, -0.2) is 24.1 Å². The highest BCUT2D eigenvalue weighted by atomic mass is 16.6. The number of nitro groups is 1. The summed E-state index contributed by atoms with van der Waals surface area (Å²) in [5, 5.41) is 10.7. The number of nitrogens with two attached hydrogens (primary N) is 1. The predicted molar refractivity (Wildman–Crippen MR) is 71.8 cm³/mol. The summed E-state index contributed by atoms with van der Waals surface area (Å²) < 4.78 is 0. The lowest BCUT2D eigenvalue weighted by Gasteiger charge is -2.25. The van der Waals surface area contributed by atoms with Crippen LogP contribution in [0.25, 0.3) is 0 Å². The van der Waals surface area contributed by atoms with Crippen molar-refractivity contribution in [3.8, 4) is 0 Å². The van der Waals surface area contributed by atoms with Crippen LogP contribution in [0.15, 0.2) is 18.2 Å². The van der Waals surface area contributed by atoms with Gasteiger partial charge in [0.05, 0.1) is 4.92 Å². The molecule has 1 aromatic rings. The molecular weight excluding hydrogens is 230 g/mol. The molecule has 5 nitrogen and oxygen atoms in total. The second-order valence-electron chi connectivity index (χ2n) is 5.07. The van der Waals surface area contributed by atoms with Gasteiger partial charge in [0, 0.05) is 30.4 Å². The van der Waals surface area contributed by atoms with Gasteiger partial charge in [-0.2, -0.15) is 0 Å². The maximum absolute atomic E-state index is 10.7. The summed E-state index contributed by atoms with van der Waals surface area (Å²) in [5.41, 5.74) is 7.91. The van der Waals surface area contributed by atoms with Crippen LogP contribution >= 0.6 is 0 Å². The van der Waals surface area contributed by atoms with Crippen molar-refractivity contribution in [3.05, 3.63) is 33.9 Å². The van der Waals surface area contributed by atoms with Gasteiger partial charge in [0.15, 0.2) is 0 Å². The zero-order valence-electron chi connectivity index (χ0n) is 10.8. The van der Waals surface area contributed by atoms with E-state index in [2.05, 4.69) is 11.8 Å². The van der Waals surface area contributed by atoms with E-state index in [1.807, 2.05) is 13.0 Å². The van der Waals surface area contributed by atoms with Crippen molar-refractivity contribution in [1.29, 1.82) is 0 Å². The molecule has 0 saturated carbocycles. The van der Waals surface area contributed by atoms with Crippen LogP contribution in [0.4, 0.5) is 11.4 Å². The minimum atomic E-state index is -0.354. The second-order valence-corrected chi connectivity index (χ2v) is 5.07. The molecule has 18 heavy (non-hydrogen) atoms. The topological polar surface area (TPSA) is 72.4 Å². The number of hydrogen-bond acceptors (Lipinski definition) is 4. The molecule has 0 radical (unpaired) electrons. The fourth-order valence-electron chi connectivity index (χ4n) is 2.72. The number of nitrogens with zero attached hydrogens (tertiary/aromatic N) is 2. The Labute approximate surface area is 107 Å². The maximum atomic E-state index is 10.7. The van der Waals surface area contributed by atoms with Crippen molar-refractivity contribution < 1.29 is 4.92 Å². The van der Waals surface area contributed by atoms with Crippen LogP contribution < -0.4 is 10.6 Å². The number of aryl methyl sites for hydroxylation is 1. The number of rotatable bonds is 3. The zero-order chi connectivity index (χ0) is 13.3. The van der Waals surface area contributed by atoms with Gasteiger partial charge in [0.2, 0.25) is 0 Å². The average Bonchev–Trinajstić information content (AvgIpc) is 2.70.